The van der Waals surface area contributed by atoms with Crippen LogP contribution in [0.2, 0.25) is 0 Å². The molecule has 2 heterocycles. The molecule has 0 aliphatic heterocycles. The van der Waals surface area contributed by atoms with E-state index in [4.69, 9.17) is 0 Å². The van der Waals surface area contributed by atoms with Gasteiger partial charge in [-0.25, -0.2) is 4.98 Å². The monoisotopic (exact) mass is 279 g/mol. The van der Waals surface area contributed by atoms with Gasteiger partial charge in [0.1, 0.15) is 10.6 Å². The van der Waals surface area contributed by atoms with Crippen LogP contribution in [0.3, 0.4) is 0 Å². The molecule has 2 N–H and O–H groups in total. The smallest absolute Gasteiger partial charge is 0.226 e. The van der Waals surface area contributed by atoms with Crippen molar-refractivity contribution in [3.8, 4) is 0 Å². The molecule has 0 aliphatic carbocycles. The van der Waals surface area contributed by atoms with E-state index in [1.54, 1.807) is 11.3 Å². The van der Waals surface area contributed by atoms with Gasteiger partial charge in [0.05, 0.1) is 5.39 Å². The number of thiophene rings is 1. The Morgan fingerprint density at radius 3 is 2.74 bits per heavy atom. The summed E-state index contributed by atoms with van der Waals surface area (Å²) in [5.74, 6) is 1.62. The summed E-state index contributed by atoms with van der Waals surface area (Å²) >= 11 is 1.70. The van der Waals surface area contributed by atoms with Crippen LogP contribution in [0.1, 0.15) is 11.8 Å². The summed E-state index contributed by atoms with van der Waals surface area (Å²) in [5, 5.41) is 7.70. The second kappa shape index (κ2) is 6.16. The average Bonchev–Trinajstić information content (AvgIpc) is 2.69. The number of hydrogen-bond donors (Lipinski definition) is 2. The van der Waals surface area contributed by atoms with Gasteiger partial charge in [0.15, 0.2) is 0 Å². The van der Waals surface area contributed by atoms with Crippen molar-refractivity contribution in [1.82, 2.24) is 14.9 Å². The Morgan fingerprint density at radius 2 is 2.05 bits per heavy atom. The van der Waals surface area contributed by atoms with E-state index in [9.17, 15) is 0 Å². The highest BCUT2D eigenvalue weighted by molar-refractivity contribution is 7.18. The molecule has 0 unspecified atom stereocenters. The summed E-state index contributed by atoms with van der Waals surface area (Å²) in [5.41, 5.74) is 0. The molecule has 0 fully saturated rings. The Bertz CT molecular complexity index is 549. The van der Waals surface area contributed by atoms with Crippen molar-refractivity contribution < 1.29 is 0 Å². The minimum atomic E-state index is 0.698. The second-order valence-electron chi connectivity index (χ2n) is 4.73. The molecule has 0 aromatic carbocycles. The van der Waals surface area contributed by atoms with Gasteiger partial charge in [-0.3, -0.25) is 0 Å². The van der Waals surface area contributed by atoms with Crippen LogP contribution in [-0.2, 0) is 0 Å². The Kier molecular flexibility index (Phi) is 4.55. The van der Waals surface area contributed by atoms with Gasteiger partial charge in [-0.05, 0) is 34.0 Å². The fourth-order valence-electron chi connectivity index (χ4n) is 1.81. The zero-order chi connectivity index (χ0) is 13.8. The predicted molar refractivity (Wildman–Crippen MR) is 83.4 cm³/mol. The summed E-state index contributed by atoms with van der Waals surface area (Å²) in [7, 11) is 4.13. The number of rotatable bonds is 6. The van der Waals surface area contributed by atoms with Gasteiger partial charge in [-0.15, -0.1) is 11.3 Å². The first-order valence-corrected chi connectivity index (χ1v) is 7.32. The predicted octanol–water partition coefficient (Wildman–Crippen LogP) is 2.41. The van der Waals surface area contributed by atoms with Crippen LogP contribution >= 0.6 is 11.3 Å². The van der Waals surface area contributed by atoms with Gasteiger partial charge in [0, 0.05) is 24.5 Å². The number of likely N-dealkylation sites (N-methyl/N-ethyl adjacent to an activating group) is 1. The largest absolute Gasteiger partial charge is 0.368 e. The molecule has 0 saturated heterocycles. The highest BCUT2D eigenvalue weighted by atomic mass is 32.1. The Labute approximate surface area is 118 Å². The van der Waals surface area contributed by atoms with Crippen molar-refractivity contribution in [2.75, 3.05) is 44.4 Å². The van der Waals surface area contributed by atoms with Crippen molar-refractivity contribution in [3.63, 3.8) is 0 Å². The lowest BCUT2D eigenvalue weighted by atomic mass is 10.3. The number of fused-ring (bicyclic) bond motifs is 1. The molecule has 0 radical (unpaired) electrons. The van der Waals surface area contributed by atoms with Gasteiger partial charge in [0.25, 0.3) is 0 Å². The topological polar surface area (TPSA) is 53.1 Å². The number of hydrogen-bond acceptors (Lipinski definition) is 6. The molecular formula is C13H21N5S. The molecule has 19 heavy (non-hydrogen) atoms. The summed E-state index contributed by atoms with van der Waals surface area (Å²) in [6.07, 6.45) is 0. The van der Waals surface area contributed by atoms with Crippen LogP contribution in [-0.4, -0.2) is 48.6 Å². The summed E-state index contributed by atoms with van der Waals surface area (Å²) in [6.45, 7) is 6.83. The third-order valence-electron chi connectivity index (χ3n) is 2.70. The Hall–Kier alpha value is -1.40. The fourth-order valence-corrected chi connectivity index (χ4v) is 2.69. The van der Waals surface area contributed by atoms with Crippen LogP contribution in [0, 0.1) is 6.92 Å². The number of nitrogens with zero attached hydrogens (tertiary/aromatic N) is 3. The molecule has 0 atom stereocenters. The number of aromatic nitrogens is 2. The van der Waals surface area contributed by atoms with E-state index in [-0.39, 0.29) is 0 Å². The van der Waals surface area contributed by atoms with Crippen LogP contribution in [0.15, 0.2) is 6.07 Å². The zero-order valence-electron chi connectivity index (χ0n) is 11.9. The molecular weight excluding hydrogens is 258 g/mol. The summed E-state index contributed by atoms with van der Waals surface area (Å²) in [4.78, 5) is 13.5. The molecule has 6 heteroatoms. The first kappa shape index (κ1) is 14.0. The number of anilines is 2. The third-order valence-corrected chi connectivity index (χ3v) is 3.65. The van der Waals surface area contributed by atoms with E-state index in [1.807, 2.05) is 6.92 Å². The van der Waals surface area contributed by atoms with E-state index in [0.717, 1.165) is 35.7 Å². The van der Waals surface area contributed by atoms with Crippen molar-refractivity contribution in [2.24, 2.45) is 0 Å². The lowest BCUT2D eigenvalue weighted by molar-refractivity contribution is 0.425. The van der Waals surface area contributed by atoms with Crippen LogP contribution in [0.5, 0.6) is 0 Å². The first-order valence-electron chi connectivity index (χ1n) is 6.50. The van der Waals surface area contributed by atoms with E-state index in [0.29, 0.717) is 5.95 Å². The van der Waals surface area contributed by atoms with Gasteiger partial charge in [0.2, 0.25) is 5.95 Å². The van der Waals surface area contributed by atoms with E-state index >= 15 is 0 Å². The first-order chi connectivity index (χ1) is 9.10. The highest BCUT2D eigenvalue weighted by Gasteiger charge is 2.09. The number of aryl methyl sites for hydroxylation is 1. The van der Waals surface area contributed by atoms with Gasteiger partial charge >= 0.3 is 0 Å². The maximum absolute atomic E-state index is 4.56. The maximum atomic E-state index is 4.56. The third kappa shape index (κ3) is 3.54. The standard InChI is InChI=1S/C13H21N5S/c1-5-14-13-16-11(15-6-7-18(3)4)10-8-9(2)19-12(10)17-13/h8H,5-7H2,1-4H3,(H2,14,15,16,17). The number of nitrogens with one attached hydrogen (secondary N) is 2. The molecule has 0 spiro atoms. The van der Waals surface area contributed by atoms with Gasteiger partial charge in [-0.2, -0.15) is 4.98 Å². The lowest BCUT2D eigenvalue weighted by Gasteiger charge is -2.12. The Morgan fingerprint density at radius 1 is 1.26 bits per heavy atom. The molecule has 104 valence electrons. The zero-order valence-corrected chi connectivity index (χ0v) is 12.8. The van der Waals surface area contributed by atoms with Crippen molar-refractivity contribution in [1.29, 1.82) is 0 Å². The normalized spacial score (nSPS) is 11.2. The second-order valence-corrected chi connectivity index (χ2v) is 5.97. The minimum Gasteiger partial charge on any atom is -0.368 e. The summed E-state index contributed by atoms with van der Waals surface area (Å²) < 4.78 is 0. The van der Waals surface area contributed by atoms with Crippen LogP contribution < -0.4 is 10.6 Å². The lowest BCUT2D eigenvalue weighted by Crippen LogP contribution is -2.21. The molecule has 0 bridgehead atoms. The molecule has 5 nitrogen and oxygen atoms in total. The van der Waals surface area contributed by atoms with E-state index < -0.39 is 0 Å². The van der Waals surface area contributed by atoms with Gasteiger partial charge in [-0.1, -0.05) is 0 Å². The average molecular weight is 279 g/mol. The Balaban J connectivity index is 2.27. The molecule has 0 amide bonds. The SMILES string of the molecule is CCNc1nc(NCCN(C)C)c2cc(C)sc2n1. The van der Waals surface area contributed by atoms with Crippen LogP contribution in [0.4, 0.5) is 11.8 Å². The van der Waals surface area contributed by atoms with Gasteiger partial charge < -0.3 is 15.5 Å². The molecule has 0 aliphatic rings. The quantitative estimate of drug-likeness (QED) is 0.850. The molecule has 2 aromatic heterocycles. The molecule has 2 rings (SSSR count). The van der Waals surface area contributed by atoms with Crippen molar-refractivity contribution >= 4 is 33.3 Å². The maximum Gasteiger partial charge on any atom is 0.226 e. The van der Waals surface area contributed by atoms with Crippen molar-refractivity contribution in [3.05, 3.63) is 10.9 Å². The van der Waals surface area contributed by atoms with Crippen LogP contribution in [0.25, 0.3) is 10.2 Å². The highest BCUT2D eigenvalue weighted by Crippen LogP contribution is 2.29. The fraction of sp³-hybridized carbons (Fsp3) is 0.538. The van der Waals surface area contributed by atoms with Crippen molar-refractivity contribution in [2.45, 2.75) is 13.8 Å². The molecule has 0 saturated carbocycles. The minimum absolute atomic E-state index is 0.698. The summed E-state index contributed by atoms with van der Waals surface area (Å²) in [6, 6.07) is 2.15. The van der Waals surface area contributed by atoms with E-state index in [2.05, 4.69) is 52.6 Å². The molecule has 2 aromatic rings. The van der Waals surface area contributed by atoms with E-state index in [1.165, 1.54) is 4.88 Å².